The van der Waals surface area contributed by atoms with Gasteiger partial charge in [0.25, 0.3) is 0 Å². The minimum atomic E-state index is -0.436. The van der Waals surface area contributed by atoms with Gasteiger partial charge in [-0.2, -0.15) is 0 Å². The molecule has 0 fully saturated rings. The summed E-state index contributed by atoms with van der Waals surface area (Å²) in [5, 5.41) is 12.8. The van der Waals surface area contributed by atoms with Gasteiger partial charge in [-0.15, -0.1) is 6.58 Å². The number of aliphatic hydroxyl groups excluding tert-OH is 1. The van der Waals surface area contributed by atoms with E-state index < -0.39 is 6.10 Å². The summed E-state index contributed by atoms with van der Waals surface area (Å²) in [6, 6.07) is 12.8. The molecule has 0 bridgehead atoms. The van der Waals surface area contributed by atoms with Gasteiger partial charge in [-0.25, -0.2) is 0 Å². The molecular formula is C18H17BrO. The van der Waals surface area contributed by atoms with E-state index in [-0.39, 0.29) is 0 Å². The third-order valence-electron chi connectivity index (χ3n) is 3.97. The average Bonchev–Trinajstić information content (AvgIpc) is 2.47. The maximum absolute atomic E-state index is 10.3. The predicted molar refractivity (Wildman–Crippen MR) is 88.9 cm³/mol. The predicted octanol–water partition coefficient (Wildman–Crippen LogP) is 4.83. The van der Waals surface area contributed by atoms with Crippen molar-refractivity contribution in [3.05, 3.63) is 65.8 Å². The summed E-state index contributed by atoms with van der Waals surface area (Å²) >= 11 is 3.73. The lowest BCUT2D eigenvalue weighted by molar-refractivity contribution is 0.211. The van der Waals surface area contributed by atoms with Gasteiger partial charge in [-0.1, -0.05) is 58.4 Å². The molecule has 102 valence electrons. The first-order valence-corrected chi connectivity index (χ1v) is 7.70. The van der Waals surface area contributed by atoms with Crippen molar-refractivity contribution in [1.29, 1.82) is 0 Å². The van der Waals surface area contributed by atoms with E-state index in [0.29, 0.717) is 6.42 Å². The van der Waals surface area contributed by atoms with Crippen LogP contribution in [0.5, 0.6) is 0 Å². The first kappa shape index (κ1) is 13.6. The molecule has 0 saturated carbocycles. The Labute approximate surface area is 127 Å². The van der Waals surface area contributed by atoms with Crippen molar-refractivity contribution < 1.29 is 5.11 Å². The zero-order valence-corrected chi connectivity index (χ0v) is 12.9. The SMILES string of the molecule is C=CCC(O)C1=C(Br)c2c(ccc3ccccc23)CC1. The van der Waals surface area contributed by atoms with Gasteiger partial charge in [0, 0.05) is 4.48 Å². The number of fused-ring (bicyclic) bond motifs is 3. The highest BCUT2D eigenvalue weighted by Gasteiger charge is 2.23. The van der Waals surface area contributed by atoms with E-state index >= 15 is 0 Å². The largest absolute Gasteiger partial charge is 0.388 e. The van der Waals surface area contributed by atoms with Gasteiger partial charge < -0.3 is 5.11 Å². The maximum atomic E-state index is 10.3. The summed E-state index contributed by atoms with van der Waals surface area (Å²) in [7, 11) is 0. The quantitative estimate of drug-likeness (QED) is 0.800. The molecule has 2 heteroatoms. The summed E-state index contributed by atoms with van der Waals surface area (Å²) < 4.78 is 1.06. The molecule has 0 saturated heterocycles. The molecule has 1 nitrogen and oxygen atoms in total. The molecule has 1 aliphatic carbocycles. The van der Waals surface area contributed by atoms with Gasteiger partial charge in [-0.3, -0.25) is 0 Å². The van der Waals surface area contributed by atoms with Gasteiger partial charge in [0.2, 0.25) is 0 Å². The highest BCUT2D eigenvalue weighted by Crippen LogP contribution is 2.41. The molecule has 1 aliphatic rings. The normalized spacial score (nSPS) is 16.1. The highest BCUT2D eigenvalue weighted by molar-refractivity contribution is 9.15. The highest BCUT2D eigenvalue weighted by atomic mass is 79.9. The van der Waals surface area contributed by atoms with E-state index in [1.54, 1.807) is 6.08 Å². The van der Waals surface area contributed by atoms with E-state index in [9.17, 15) is 5.11 Å². The van der Waals surface area contributed by atoms with E-state index in [2.05, 4.69) is 58.9 Å². The van der Waals surface area contributed by atoms with Crippen LogP contribution < -0.4 is 0 Å². The Morgan fingerprint density at radius 1 is 1.20 bits per heavy atom. The number of benzene rings is 2. The fraction of sp³-hybridized carbons (Fsp3) is 0.222. The van der Waals surface area contributed by atoms with Crippen LogP contribution in [0.4, 0.5) is 0 Å². The van der Waals surface area contributed by atoms with Crippen LogP contribution in [0.1, 0.15) is 24.0 Å². The molecule has 1 atom stereocenters. The number of hydrogen-bond donors (Lipinski definition) is 1. The van der Waals surface area contributed by atoms with E-state index in [4.69, 9.17) is 0 Å². The van der Waals surface area contributed by atoms with Crippen LogP contribution in [0.25, 0.3) is 15.3 Å². The van der Waals surface area contributed by atoms with Crippen LogP contribution in [0, 0.1) is 0 Å². The molecule has 1 unspecified atom stereocenters. The fourth-order valence-electron chi connectivity index (χ4n) is 2.94. The van der Waals surface area contributed by atoms with Gasteiger partial charge >= 0.3 is 0 Å². The number of hydrogen-bond acceptors (Lipinski definition) is 1. The number of aryl methyl sites for hydroxylation is 1. The average molecular weight is 329 g/mol. The molecule has 0 heterocycles. The van der Waals surface area contributed by atoms with Gasteiger partial charge in [-0.05, 0) is 46.7 Å². The molecule has 0 aromatic heterocycles. The first-order chi connectivity index (χ1) is 9.72. The van der Waals surface area contributed by atoms with Crippen molar-refractivity contribution in [1.82, 2.24) is 0 Å². The second-order valence-electron chi connectivity index (χ2n) is 5.20. The summed E-state index contributed by atoms with van der Waals surface area (Å²) in [6.07, 6.45) is 3.83. The zero-order valence-electron chi connectivity index (χ0n) is 11.3. The van der Waals surface area contributed by atoms with Crippen LogP contribution >= 0.6 is 15.9 Å². The third-order valence-corrected chi connectivity index (χ3v) is 4.88. The van der Waals surface area contributed by atoms with Crippen molar-refractivity contribution >= 4 is 31.2 Å². The van der Waals surface area contributed by atoms with Crippen molar-refractivity contribution in [2.45, 2.75) is 25.4 Å². The van der Waals surface area contributed by atoms with Crippen molar-refractivity contribution in [2.24, 2.45) is 0 Å². The molecular weight excluding hydrogens is 312 g/mol. The van der Waals surface area contributed by atoms with Crippen LogP contribution in [0.15, 0.2) is 54.6 Å². The minimum Gasteiger partial charge on any atom is -0.388 e. The monoisotopic (exact) mass is 328 g/mol. The smallest absolute Gasteiger partial charge is 0.0798 e. The maximum Gasteiger partial charge on any atom is 0.0798 e. The third kappa shape index (κ3) is 2.23. The molecule has 2 aromatic rings. The number of aliphatic hydroxyl groups is 1. The summed E-state index contributed by atoms with van der Waals surface area (Å²) in [6.45, 7) is 3.72. The van der Waals surface area contributed by atoms with Crippen molar-refractivity contribution in [3.8, 4) is 0 Å². The second-order valence-corrected chi connectivity index (χ2v) is 5.99. The Balaban J connectivity index is 2.21. The van der Waals surface area contributed by atoms with Crippen LogP contribution in [-0.2, 0) is 6.42 Å². The Kier molecular flexibility index (Phi) is 3.77. The lowest BCUT2D eigenvalue weighted by Gasteiger charge is -2.24. The molecule has 1 N–H and O–H groups in total. The second kappa shape index (κ2) is 5.55. The van der Waals surface area contributed by atoms with Crippen molar-refractivity contribution in [3.63, 3.8) is 0 Å². The number of halogens is 1. The molecule has 2 aromatic carbocycles. The van der Waals surface area contributed by atoms with Crippen LogP contribution in [0.3, 0.4) is 0 Å². The molecule has 3 rings (SSSR count). The van der Waals surface area contributed by atoms with Gasteiger partial charge in [0.1, 0.15) is 0 Å². The molecule has 20 heavy (non-hydrogen) atoms. The molecule has 0 aliphatic heterocycles. The Bertz CT molecular complexity index is 700. The standard InChI is InChI=1S/C18H17BrO/c1-2-5-16(20)15-11-10-13-9-8-12-6-3-4-7-14(12)17(13)18(15)19/h2-4,6-9,16,20H,1,5,10-11H2. The summed E-state index contributed by atoms with van der Waals surface area (Å²) in [5.41, 5.74) is 3.69. The first-order valence-electron chi connectivity index (χ1n) is 6.91. The van der Waals surface area contributed by atoms with E-state index in [1.807, 2.05) is 0 Å². The lowest BCUT2D eigenvalue weighted by Crippen LogP contribution is -2.15. The topological polar surface area (TPSA) is 20.2 Å². The van der Waals surface area contributed by atoms with Crippen LogP contribution in [0.2, 0.25) is 0 Å². The minimum absolute atomic E-state index is 0.436. The van der Waals surface area contributed by atoms with E-state index in [1.165, 1.54) is 21.9 Å². The molecule has 0 amide bonds. The summed E-state index contributed by atoms with van der Waals surface area (Å²) in [5.74, 6) is 0. The van der Waals surface area contributed by atoms with E-state index in [0.717, 1.165) is 22.9 Å². The zero-order chi connectivity index (χ0) is 14.1. The van der Waals surface area contributed by atoms with Gasteiger partial charge in [0.15, 0.2) is 0 Å². The summed E-state index contributed by atoms with van der Waals surface area (Å²) in [4.78, 5) is 0. The Morgan fingerprint density at radius 3 is 2.80 bits per heavy atom. The lowest BCUT2D eigenvalue weighted by atomic mass is 9.86. The Hall–Kier alpha value is -1.38. The fourth-order valence-corrected chi connectivity index (χ4v) is 3.87. The van der Waals surface area contributed by atoms with Crippen LogP contribution in [-0.4, -0.2) is 11.2 Å². The van der Waals surface area contributed by atoms with Gasteiger partial charge in [0.05, 0.1) is 6.10 Å². The molecule has 0 spiro atoms. The number of rotatable bonds is 3. The van der Waals surface area contributed by atoms with Crippen molar-refractivity contribution in [2.75, 3.05) is 0 Å². The Morgan fingerprint density at radius 2 is 2.00 bits per heavy atom. The molecule has 0 radical (unpaired) electrons.